The molecule has 2 aromatic carbocycles. The van der Waals surface area contributed by atoms with Crippen molar-refractivity contribution >= 4 is 17.3 Å². The predicted molar refractivity (Wildman–Crippen MR) is 94.3 cm³/mol. The number of carbonyl (C=O) groups excluding carboxylic acids is 1. The first-order chi connectivity index (χ1) is 11.3. The topological polar surface area (TPSA) is 23.6 Å². The Bertz CT molecular complexity index is 705. The molecule has 0 aromatic heterocycles. The number of benzene rings is 2. The molecule has 0 saturated carbocycles. The van der Waals surface area contributed by atoms with Crippen LogP contribution in [0.25, 0.3) is 0 Å². The van der Waals surface area contributed by atoms with Gasteiger partial charge in [0.15, 0.2) is 0 Å². The third kappa shape index (κ3) is 2.72. The highest BCUT2D eigenvalue weighted by Gasteiger charge is 2.25. The fourth-order valence-corrected chi connectivity index (χ4v) is 3.68. The van der Waals surface area contributed by atoms with Gasteiger partial charge in [-0.05, 0) is 55.5 Å². The number of fused-ring (bicyclic) bond motifs is 1. The van der Waals surface area contributed by atoms with Crippen LogP contribution >= 0.6 is 0 Å². The van der Waals surface area contributed by atoms with E-state index >= 15 is 0 Å². The molecule has 3 heteroatoms. The first-order valence-electron chi connectivity index (χ1n) is 8.58. The maximum Gasteiger partial charge on any atom is 0.258 e. The second-order valence-corrected chi connectivity index (χ2v) is 6.43. The smallest absolute Gasteiger partial charge is 0.258 e. The van der Waals surface area contributed by atoms with Gasteiger partial charge in [0.25, 0.3) is 5.91 Å². The molecule has 3 nitrogen and oxygen atoms in total. The molecule has 2 aliphatic heterocycles. The molecule has 118 valence electrons. The first kappa shape index (κ1) is 14.3. The van der Waals surface area contributed by atoms with Crippen LogP contribution in [0, 0.1) is 0 Å². The molecule has 0 atom stereocenters. The highest BCUT2D eigenvalue weighted by atomic mass is 16.2. The molecule has 0 bridgehead atoms. The zero-order chi connectivity index (χ0) is 15.6. The Hall–Kier alpha value is -2.29. The quantitative estimate of drug-likeness (QED) is 0.840. The number of anilines is 2. The monoisotopic (exact) mass is 306 g/mol. The largest absolute Gasteiger partial charge is 0.371 e. The molecule has 2 aliphatic rings. The Kier molecular flexibility index (Phi) is 3.78. The van der Waals surface area contributed by atoms with E-state index in [9.17, 15) is 4.79 Å². The maximum atomic E-state index is 12.9. The lowest BCUT2D eigenvalue weighted by molar-refractivity contribution is 0.0985. The van der Waals surface area contributed by atoms with Crippen molar-refractivity contribution in [3.63, 3.8) is 0 Å². The zero-order valence-corrected chi connectivity index (χ0v) is 13.4. The molecule has 0 N–H and O–H groups in total. The molecule has 0 spiro atoms. The highest BCUT2D eigenvalue weighted by Crippen LogP contribution is 2.33. The lowest BCUT2D eigenvalue weighted by atomic mass is 10.00. The summed E-state index contributed by atoms with van der Waals surface area (Å²) >= 11 is 0. The maximum absolute atomic E-state index is 12.9. The zero-order valence-electron chi connectivity index (χ0n) is 13.4. The van der Waals surface area contributed by atoms with Crippen LogP contribution in [0.2, 0.25) is 0 Å². The van der Waals surface area contributed by atoms with Gasteiger partial charge in [0.1, 0.15) is 0 Å². The van der Waals surface area contributed by atoms with E-state index in [0.29, 0.717) is 0 Å². The number of amides is 1. The number of carbonyl (C=O) groups is 1. The normalized spacial score (nSPS) is 17.2. The van der Waals surface area contributed by atoms with Crippen molar-refractivity contribution in [3.8, 4) is 0 Å². The molecule has 23 heavy (non-hydrogen) atoms. The van der Waals surface area contributed by atoms with Gasteiger partial charge < -0.3 is 9.80 Å². The van der Waals surface area contributed by atoms with E-state index in [0.717, 1.165) is 43.7 Å². The Morgan fingerprint density at radius 3 is 2.43 bits per heavy atom. The van der Waals surface area contributed by atoms with E-state index in [4.69, 9.17) is 0 Å². The van der Waals surface area contributed by atoms with Crippen LogP contribution < -0.4 is 9.80 Å². The Balaban J connectivity index is 1.69. The molecule has 1 saturated heterocycles. The van der Waals surface area contributed by atoms with Crippen LogP contribution in [-0.2, 0) is 6.42 Å². The first-order valence-corrected chi connectivity index (χ1v) is 8.58. The van der Waals surface area contributed by atoms with E-state index in [1.165, 1.54) is 24.1 Å². The van der Waals surface area contributed by atoms with Crippen LogP contribution in [0.1, 0.15) is 35.2 Å². The van der Waals surface area contributed by atoms with Crippen molar-refractivity contribution in [1.82, 2.24) is 0 Å². The predicted octanol–water partition coefficient (Wildman–Crippen LogP) is 3.88. The van der Waals surface area contributed by atoms with E-state index in [1.807, 2.05) is 35.2 Å². The molecule has 1 fully saturated rings. The molecule has 4 rings (SSSR count). The number of hydrogen-bond acceptors (Lipinski definition) is 2. The molecular formula is C20H22N2O. The number of nitrogens with zero attached hydrogens (tertiary/aromatic N) is 2. The highest BCUT2D eigenvalue weighted by molar-refractivity contribution is 6.07. The summed E-state index contributed by atoms with van der Waals surface area (Å²) in [6.07, 6.45) is 4.64. The summed E-state index contributed by atoms with van der Waals surface area (Å²) < 4.78 is 0. The Morgan fingerprint density at radius 1 is 0.870 bits per heavy atom. The summed E-state index contributed by atoms with van der Waals surface area (Å²) in [4.78, 5) is 17.3. The van der Waals surface area contributed by atoms with Gasteiger partial charge in [0.2, 0.25) is 0 Å². The number of rotatable bonds is 2. The van der Waals surface area contributed by atoms with Gasteiger partial charge in [-0.3, -0.25) is 4.79 Å². The van der Waals surface area contributed by atoms with Crippen molar-refractivity contribution in [2.45, 2.75) is 25.7 Å². The minimum absolute atomic E-state index is 0.116. The summed E-state index contributed by atoms with van der Waals surface area (Å²) in [5, 5.41) is 0. The van der Waals surface area contributed by atoms with Crippen molar-refractivity contribution in [3.05, 3.63) is 59.7 Å². The average Bonchev–Trinajstić information content (AvgIpc) is 3.15. The van der Waals surface area contributed by atoms with E-state index < -0.39 is 0 Å². The fraction of sp³-hybridized carbons (Fsp3) is 0.350. The third-order valence-electron chi connectivity index (χ3n) is 4.92. The molecule has 2 aromatic rings. The lowest BCUT2D eigenvalue weighted by Gasteiger charge is -2.31. The second kappa shape index (κ2) is 6.07. The summed E-state index contributed by atoms with van der Waals surface area (Å²) in [5.74, 6) is 0.116. The van der Waals surface area contributed by atoms with Crippen molar-refractivity contribution in [2.24, 2.45) is 0 Å². The van der Waals surface area contributed by atoms with Crippen LogP contribution in [0.3, 0.4) is 0 Å². The van der Waals surface area contributed by atoms with Crippen LogP contribution in [-0.4, -0.2) is 25.5 Å². The van der Waals surface area contributed by atoms with E-state index in [-0.39, 0.29) is 5.91 Å². The summed E-state index contributed by atoms with van der Waals surface area (Å²) in [6, 6.07) is 16.3. The third-order valence-corrected chi connectivity index (χ3v) is 4.92. The van der Waals surface area contributed by atoms with Crippen molar-refractivity contribution in [2.75, 3.05) is 29.4 Å². The number of aryl methyl sites for hydroxylation is 1. The molecule has 0 unspecified atom stereocenters. The molecule has 1 amide bonds. The van der Waals surface area contributed by atoms with Gasteiger partial charge in [0, 0.05) is 36.6 Å². The van der Waals surface area contributed by atoms with E-state index in [2.05, 4.69) is 23.1 Å². The van der Waals surface area contributed by atoms with Crippen LogP contribution in [0.5, 0.6) is 0 Å². The van der Waals surface area contributed by atoms with Crippen LogP contribution in [0.15, 0.2) is 48.5 Å². The minimum atomic E-state index is 0.116. The summed E-state index contributed by atoms with van der Waals surface area (Å²) in [5.41, 5.74) is 4.43. The Labute approximate surface area is 137 Å². The molecule has 0 radical (unpaired) electrons. The van der Waals surface area contributed by atoms with Crippen molar-refractivity contribution in [1.29, 1.82) is 0 Å². The minimum Gasteiger partial charge on any atom is -0.371 e. The van der Waals surface area contributed by atoms with Crippen LogP contribution in [0.4, 0.5) is 11.4 Å². The SMILES string of the molecule is O=C(c1ccccc1)N1CCCc2ccc(N3CCCC3)cc21. The van der Waals surface area contributed by atoms with Crippen molar-refractivity contribution < 1.29 is 4.79 Å². The molecule has 2 heterocycles. The van der Waals surface area contributed by atoms with Gasteiger partial charge in [-0.1, -0.05) is 24.3 Å². The summed E-state index contributed by atoms with van der Waals surface area (Å²) in [6.45, 7) is 3.07. The van der Waals surface area contributed by atoms with Gasteiger partial charge in [-0.2, -0.15) is 0 Å². The molecular weight excluding hydrogens is 284 g/mol. The van der Waals surface area contributed by atoms with Gasteiger partial charge >= 0.3 is 0 Å². The average molecular weight is 306 g/mol. The van der Waals surface area contributed by atoms with Gasteiger partial charge in [-0.25, -0.2) is 0 Å². The van der Waals surface area contributed by atoms with Gasteiger partial charge in [0.05, 0.1) is 0 Å². The standard InChI is InChI=1S/C20H22N2O/c23-20(17-7-2-1-3-8-17)22-14-6-9-16-10-11-18(15-19(16)22)21-12-4-5-13-21/h1-3,7-8,10-11,15H,4-6,9,12-14H2. The number of hydrogen-bond donors (Lipinski definition) is 0. The fourth-order valence-electron chi connectivity index (χ4n) is 3.68. The lowest BCUT2D eigenvalue weighted by Crippen LogP contribution is -2.35. The van der Waals surface area contributed by atoms with E-state index in [1.54, 1.807) is 0 Å². The summed E-state index contributed by atoms with van der Waals surface area (Å²) in [7, 11) is 0. The van der Waals surface area contributed by atoms with Gasteiger partial charge in [-0.15, -0.1) is 0 Å². The molecule has 0 aliphatic carbocycles. The Morgan fingerprint density at radius 2 is 1.65 bits per heavy atom. The second-order valence-electron chi connectivity index (χ2n) is 6.43.